The summed E-state index contributed by atoms with van der Waals surface area (Å²) in [5.41, 5.74) is 2.11. The summed E-state index contributed by atoms with van der Waals surface area (Å²) >= 11 is 0. The second kappa shape index (κ2) is 8.14. The van der Waals surface area contributed by atoms with Crippen LogP contribution in [0.15, 0.2) is 53.3 Å². The fourth-order valence-corrected chi connectivity index (χ4v) is 3.01. The fourth-order valence-electron chi connectivity index (χ4n) is 3.01. The first kappa shape index (κ1) is 18.8. The maximum absolute atomic E-state index is 13.5. The smallest absolute Gasteiger partial charge is 0.255 e. The van der Waals surface area contributed by atoms with Crippen molar-refractivity contribution in [3.63, 3.8) is 0 Å². The minimum absolute atomic E-state index is 0.0426. The molecule has 2 aromatic carbocycles. The fraction of sp³-hybridized carbons (Fsp3) is 0.238. The Morgan fingerprint density at radius 1 is 1.15 bits per heavy atom. The van der Waals surface area contributed by atoms with E-state index in [1.807, 2.05) is 31.2 Å². The molecule has 3 aromatic rings. The monoisotopic (exact) mass is 368 g/mol. The van der Waals surface area contributed by atoms with E-state index in [9.17, 15) is 19.1 Å². The van der Waals surface area contributed by atoms with Gasteiger partial charge in [-0.1, -0.05) is 29.8 Å². The zero-order valence-corrected chi connectivity index (χ0v) is 15.0. The van der Waals surface area contributed by atoms with Gasteiger partial charge < -0.3 is 15.0 Å². The zero-order chi connectivity index (χ0) is 19.4. The molecule has 27 heavy (non-hydrogen) atoms. The van der Waals surface area contributed by atoms with E-state index in [0.29, 0.717) is 24.9 Å². The van der Waals surface area contributed by atoms with E-state index in [4.69, 9.17) is 0 Å². The molecule has 0 aliphatic rings. The van der Waals surface area contributed by atoms with Gasteiger partial charge in [-0.25, -0.2) is 4.39 Å². The van der Waals surface area contributed by atoms with Gasteiger partial charge in [-0.3, -0.25) is 9.59 Å². The molecule has 140 valence electrons. The number of H-pyrrole nitrogens is 1. The third-order valence-electron chi connectivity index (χ3n) is 4.40. The molecule has 0 atom stereocenters. The highest BCUT2D eigenvalue weighted by molar-refractivity contribution is 6.05. The third-order valence-corrected chi connectivity index (χ3v) is 4.40. The number of benzene rings is 2. The lowest BCUT2D eigenvalue weighted by molar-refractivity contribution is 0.0734. The molecule has 0 saturated carbocycles. The highest BCUT2D eigenvalue weighted by Crippen LogP contribution is 2.19. The van der Waals surface area contributed by atoms with Crippen molar-refractivity contribution in [2.45, 2.75) is 19.9 Å². The van der Waals surface area contributed by atoms with Gasteiger partial charge in [0.15, 0.2) is 0 Å². The number of aryl methyl sites for hydroxylation is 1. The summed E-state index contributed by atoms with van der Waals surface area (Å²) in [6.45, 7) is 2.65. The molecule has 3 rings (SSSR count). The molecule has 2 N–H and O–H groups in total. The number of aliphatic hydroxyl groups is 1. The first-order chi connectivity index (χ1) is 13.0. The molecule has 0 saturated heterocycles. The van der Waals surface area contributed by atoms with Gasteiger partial charge in [0.05, 0.1) is 11.1 Å². The Labute approximate surface area is 156 Å². The largest absolute Gasteiger partial charge is 0.396 e. The molecule has 0 aliphatic heterocycles. The molecule has 0 spiro atoms. The summed E-state index contributed by atoms with van der Waals surface area (Å²) in [5.74, 6) is -0.814. The highest BCUT2D eigenvalue weighted by atomic mass is 19.1. The summed E-state index contributed by atoms with van der Waals surface area (Å²) in [6, 6.07) is 13.0. The topological polar surface area (TPSA) is 73.4 Å². The second-order valence-corrected chi connectivity index (χ2v) is 6.53. The second-order valence-electron chi connectivity index (χ2n) is 6.53. The number of aromatic amines is 1. The summed E-state index contributed by atoms with van der Waals surface area (Å²) < 4.78 is 13.5. The van der Waals surface area contributed by atoms with Crippen LogP contribution in [0.1, 0.15) is 27.9 Å². The van der Waals surface area contributed by atoms with E-state index in [0.717, 1.165) is 11.1 Å². The standard InChI is InChI=1S/C21H21FN2O3/c1-14-3-5-15(6-4-14)13-24(9-2-10-25)21(27)18-12-20(26)23-19-11-16(22)7-8-17(18)19/h3-8,11-12,25H,2,9-10,13H2,1H3,(H,23,26). The maximum Gasteiger partial charge on any atom is 0.255 e. The van der Waals surface area contributed by atoms with E-state index < -0.39 is 11.4 Å². The molecule has 5 nitrogen and oxygen atoms in total. The Bertz CT molecular complexity index is 1010. The summed E-state index contributed by atoms with van der Waals surface area (Å²) in [7, 11) is 0. The molecule has 6 heteroatoms. The van der Waals surface area contributed by atoms with Crippen molar-refractivity contribution < 1.29 is 14.3 Å². The van der Waals surface area contributed by atoms with Crippen LogP contribution in [0, 0.1) is 12.7 Å². The number of nitrogens with one attached hydrogen (secondary N) is 1. The SMILES string of the molecule is Cc1ccc(CN(CCCO)C(=O)c2cc(=O)[nH]c3cc(F)ccc23)cc1. The zero-order valence-electron chi connectivity index (χ0n) is 15.0. The van der Waals surface area contributed by atoms with Gasteiger partial charge in [0.25, 0.3) is 5.91 Å². The van der Waals surface area contributed by atoms with Crippen LogP contribution >= 0.6 is 0 Å². The number of hydrogen-bond donors (Lipinski definition) is 2. The summed E-state index contributed by atoms with van der Waals surface area (Å²) in [4.78, 5) is 29.3. The third kappa shape index (κ3) is 4.41. The lowest BCUT2D eigenvalue weighted by atomic mass is 10.1. The Balaban J connectivity index is 1.99. The molecule has 0 radical (unpaired) electrons. The molecular weight excluding hydrogens is 347 g/mol. The Hall–Kier alpha value is -2.99. The number of carbonyl (C=O) groups excluding carboxylic acids is 1. The normalized spacial score (nSPS) is 10.9. The van der Waals surface area contributed by atoms with E-state index in [1.165, 1.54) is 24.3 Å². The quantitative estimate of drug-likeness (QED) is 0.702. The molecule has 0 bridgehead atoms. The lowest BCUT2D eigenvalue weighted by Crippen LogP contribution is -2.33. The van der Waals surface area contributed by atoms with Crippen LogP contribution in [0.2, 0.25) is 0 Å². The van der Waals surface area contributed by atoms with E-state index in [2.05, 4.69) is 4.98 Å². The Morgan fingerprint density at radius 3 is 2.59 bits per heavy atom. The van der Waals surface area contributed by atoms with Crippen molar-refractivity contribution in [2.75, 3.05) is 13.2 Å². The first-order valence-electron chi connectivity index (χ1n) is 8.76. The van der Waals surface area contributed by atoms with Crippen LogP contribution in [-0.2, 0) is 6.54 Å². The van der Waals surface area contributed by atoms with Gasteiger partial charge in [-0.2, -0.15) is 0 Å². The van der Waals surface area contributed by atoms with Gasteiger partial charge in [-0.15, -0.1) is 0 Å². The van der Waals surface area contributed by atoms with Gasteiger partial charge >= 0.3 is 0 Å². The van der Waals surface area contributed by atoms with Gasteiger partial charge in [0.1, 0.15) is 5.82 Å². The van der Waals surface area contributed by atoms with Crippen LogP contribution in [0.5, 0.6) is 0 Å². The number of aliphatic hydroxyl groups excluding tert-OH is 1. The van der Waals surface area contributed by atoms with E-state index in [1.54, 1.807) is 4.90 Å². The van der Waals surface area contributed by atoms with Gasteiger partial charge in [-0.05, 0) is 37.1 Å². The predicted octanol–water partition coefficient (Wildman–Crippen LogP) is 3.00. The highest BCUT2D eigenvalue weighted by Gasteiger charge is 2.19. The van der Waals surface area contributed by atoms with E-state index in [-0.39, 0.29) is 23.6 Å². The van der Waals surface area contributed by atoms with Crippen LogP contribution in [0.25, 0.3) is 10.9 Å². The minimum Gasteiger partial charge on any atom is -0.396 e. The Kier molecular flexibility index (Phi) is 5.66. The van der Waals surface area contributed by atoms with Crippen molar-refractivity contribution in [1.82, 2.24) is 9.88 Å². The lowest BCUT2D eigenvalue weighted by Gasteiger charge is -2.23. The molecule has 0 fully saturated rings. The van der Waals surface area contributed by atoms with E-state index >= 15 is 0 Å². The summed E-state index contributed by atoms with van der Waals surface area (Å²) in [6.07, 6.45) is 0.424. The first-order valence-corrected chi connectivity index (χ1v) is 8.76. The maximum atomic E-state index is 13.5. The predicted molar refractivity (Wildman–Crippen MR) is 102 cm³/mol. The molecule has 1 amide bonds. The minimum atomic E-state index is -0.487. The average molecular weight is 368 g/mol. The number of fused-ring (bicyclic) bond motifs is 1. The van der Waals surface area contributed by atoms with Crippen molar-refractivity contribution in [3.8, 4) is 0 Å². The van der Waals surface area contributed by atoms with Crippen molar-refractivity contribution in [1.29, 1.82) is 0 Å². The number of pyridine rings is 1. The van der Waals surface area contributed by atoms with Gasteiger partial charge in [0, 0.05) is 31.1 Å². The molecular formula is C21H21FN2O3. The number of nitrogens with zero attached hydrogens (tertiary/aromatic N) is 1. The molecule has 0 aliphatic carbocycles. The number of hydrogen-bond acceptors (Lipinski definition) is 3. The van der Waals surface area contributed by atoms with Crippen molar-refractivity contribution in [3.05, 3.63) is 81.4 Å². The number of carbonyl (C=O) groups is 1. The van der Waals surface area contributed by atoms with Crippen molar-refractivity contribution >= 4 is 16.8 Å². The van der Waals surface area contributed by atoms with Crippen molar-refractivity contribution in [2.24, 2.45) is 0 Å². The molecule has 1 heterocycles. The van der Waals surface area contributed by atoms with Crippen LogP contribution in [0.3, 0.4) is 0 Å². The molecule has 1 aromatic heterocycles. The number of aromatic nitrogens is 1. The van der Waals surface area contributed by atoms with Crippen LogP contribution in [0.4, 0.5) is 4.39 Å². The van der Waals surface area contributed by atoms with Gasteiger partial charge in [0.2, 0.25) is 5.56 Å². The summed E-state index contributed by atoms with van der Waals surface area (Å²) in [5, 5.41) is 9.67. The average Bonchev–Trinajstić information content (AvgIpc) is 2.65. The number of amides is 1. The van der Waals surface area contributed by atoms with Crippen LogP contribution in [-0.4, -0.2) is 34.0 Å². The molecule has 0 unspecified atom stereocenters. The van der Waals surface area contributed by atoms with Crippen LogP contribution < -0.4 is 5.56 Å². The Morgan fingerprint density at radius 2 is 1.89 bits per heavy atom. The number of rotatable bonds is 6. The number of halogens is 1.